The minimum atomic E-state index is -1.07. The topological polar surface area (TPSA) is 78.9 Å². The van der Waals surface area contributed by atoms with Gasteiger partial charge in [0.2, 0.25) is 0 Å². The first-order chi connectivity index (χ1) is 9.88. The van der Waals surface area contributed by atoms with Crippen molar-refractivity contribution in [2.24, 2.45) is 0 Å². The number of urea groups is 1. The first kappa shape index (κ1) is 17.0. The van der Waals surface area contributed by atoms with Gasteiger partial charge in [0, 0.05) is 19.7 Å². The van der Waals surface area contributed by atoms with E-state index in [1.165, 1.54) is 6.07 Å². The van der Waals surface area contributed by atoms with Crippen molar-refractivity contribution in [2.75, 3.05) is 25.6 Å². The normalized spacial score (nSPS) is 10.5. The Balaban J connectivity index is 2.98. The molecule has 0 aliphatic rings. The van der Waals surface area contributed by atoms with Gasteiger partial charge in [-0.1, -0.05) is 12.1 Å². The number of hydrogen-bond acceptors (Lipinski definition) is 3. The Morgan fingerprint density at radius 2 is 2.05 bits per heavy atom. The molecule has 0 heterocycles. The first-order valence-corrected chi connectivity index (χ1v) is 6.78. The number of amides is 2. The maximum Gasteiger partial charge on any atom is 0.337 e. The van der Waals surface area contributed by atoms with Crippen LogP contribution in [0.25, 0.3) is 0 Å². The van der Waals surface area contributed by atoms with Gasteiger partial charge in [-0.05, 0) is 32.4 Å². The zero-order valence-electron chi connectivity index (χ0n) is 12.8. The van der Waals surface area contributed by atoms with Crippen molar-refractivity contribution in [3.05, 3.63) is 29.3 Å². The molecule has 0 saturated carbocycles. The molecular weight excluding hydrogens is 272 g/mol. The number of carboxylic acids is 1. The second kappa shape index (κ2) is 7.64. The van der Waals surface area contributed by atoms with Crippen molar-refractivity contribution in [1.82, 2.24) is 4.90 Å². The largest absolute Gasteiger partial charge is 0.478 e. The van der Waals surface area contributed by atoms with E-state index in [2.05, 4.69) is 5.32 Å². The molecule has 0 aliphatic carbocycles. The third kappa shape index (κ3) is 4.46. The Bertz CT molecular complexity index is 514. The molecule has 6 nitrogen and oxygen atoms in total. The number of nitrogens with zero attached hydrogens (tertiary/aromatic N) is 1. The molecule has 1 aromatic rings. The fraction of sp³-hybridized carbons (Fsp3) is 0.467. The summed E-state index contributed by atoms with van der Waals surface area (Å²) in [5.41, 5.74) is 1.12. The zero-order chi connectivity index (χ0) is 16.0. The number of anilines is 1. The molecule has 0 spiro atoms. The molecule has 0 fully saturated rings. The van der Waals surface area contributed by atoms with Crippen LogP contribution in [-0.4, -0.2) is 48.3 Å². The molecule has 0 atom stereocenters. The summed E-state index contributed by atoms with van der Waals surface area (Å²) in [7, 11) is 1.57. The monoisotopic (exact) mass is 294 g/mol. The van der Waals surface area contributed by atoms with Gasteiger partial charge in [-0.3, -0.25) is 0 Å². The molecule has 2 N–H and O–H groups in total. The second-order valence-electron chi connectivity index (χ2n) is 5.01. The molecular formula is C15H22N2O4. The van der Waals surface area contributed by atoms with Crippen LogP contribution in [0.3, 0.4) is 0 Å². The van der Waals surface area contributed by atoms with Crippen molar-refractivity contribution in [1.29, 1.82) is 0 Å². The SMILES string of the molecule is COCCN(C(=O)Nc1c(C)cccc1C(=O)O)C(C)C. The van der Waals surface area contributed by atoms with Crippen LogP contribution in [0, 0.1) is 6.92 Å². The molecule has 0 aliphatic heterocycles. The molecule has 1 aromatic carbocycles. The molecule has 6 heteroatoms. The lowest BCUT2D eigenvalue weighted by Crippen LogP contribution is -2.42. The zero-order valence-corrected chi connectivity index (χ0v) is 12.8. The summed E-state index contributed by atoms with van der Waals surface area (Å²) in [5, 5.41) is 11.9. The number of hydrogen-bond donors (Lipinski definition) is 2. The Labute approximate surface area is 124 Å². The molecule has 0 aromatic heterocycles. The number of para-hydroxylation sites is 1. The average Bonchev–Trinajstić information content (AvgIpc) is 2.40. The van der Waals surface area contributed by atoms with Crippen LogP contribution in [-0.2, 0) is 4.74 Å². The van der Waals surface area contributed by atoms with Gasteiger partial charge in [0.25, 0.3) is 0 Å². The standard InChI is InChI=1S/C15H22N2O4/c1-10(2)17(8-9-21-4)15(20)16-13-11(3)6-5-7-12(13)14(18)19/h5-7,10H,8-9H2,1-4H3,(H,16,20)(H,18,19). The van der Waals surface area contributed by atoms with Crippen molar-refractivity contribution >= 4 is 17.7 Å². The number of rotatable bonds is 6. The third-order valence-electron chi connectivity index (χ3n) is 3.16. The van der Waals surface area contributed by atoms with Crippen LogP contribution in [0.5, 0.6) is 0 Å². The minimum Gasteiger partial charge on any atom is -0.478 e. The Hall–Kier alpha value is -2.08. The van der Waals surface area contributed by atoms with E-state index in [1.54, 1.807) is 31.1 Å². The lowest BCUT2D eigenvalue weighted by molar-refractivity contribution is 0.0698. The molecule has 116 valence electrons. The van der Waals surface area contributed by atoms with Crippen molar-refractivity contribution < 1.29 is 19.4 Å². The van der Waals surface area contributed by atoms with E-state index in [0.717, 1.165) is 0 Å². The summed E-state index contributed by atoms with van der Waals surface area (Å²) in [5.74, 6) is -1.07. The van der Waals surface area contributed by atoms with E-state index in [1.807, 2.05) is 13.8 Å². The predicted molar refractivity (Wildman–Crippen MR) is 80.9 cm³/mol. The quantitative estimate of drug-likeness (QED) is 0.845. The number of ether oxygens (including phenoxy) is 1. The van der Waals surface area contributed by atoms with Crippen LogP contribution in [0.2, 0.25) is 0 Å². The molecule has 21 heavy (non-hydrogen) atoms. The number of methoxy groups -OCH3 is 1. The van der Waals surface area contributed by atoms with Gasteiger partial charge in [0.1, 0.15) is 0 Å². The second-order valence-corrected chi connectivity index (χ2v) is 5.01. The lowest BCUT2D eigenvalue weighted by atomic mass is 10.1. The van der Waals surface area contributed by atoms with Gasteiger partial charge in [0.15, 0.2) is 0 Å². The Kier molecular flexibility index (Phi) is 6.17. The van der Waals surface area contributed by atoms with Crippen LogP contribution >= 0.6 is 0 Å². The van der Waals surface area contributed by atoms with Crippen molar-refractivity contribution in [2.45, 2.75) is 26.8 Å². The molecule has 0 radical (unpaired) electrons. The molecule has 0 saturated heterocycles. The highest BCUT2D eigenvalue weighted by Gasteiger charge is 2.20. The van der Waals surface area contributed by atoms with Crippen molar-refractivity contribution in [3.8, 4) is 0 Å². The lowest BCUT2D eigenvalue weighted by Gasteiger charge is -2.27. The number of carbonyl (C=O) groups excluding carboxylic acids is 1. The van der Waals surface area contributed by atoms with E-state index in [9.17, 15) is 14.7 Å². The molecule has 0 bridgehead atoms. The fourth-order valence-corrected chi connectivity index (χ4v) is 1.97. The van der Waals surface area contributed by atoms with E-state index in [-0.39, 0.29) is 17.6 Å². The summed E-state index contributed by atoms with van der Waals surface area (Å²) >= 11 is 0. The summed E-state index contributed by atoms with van der Waals surface area (Å²) in [6.45, 7) is 6.41. The maximum absolute atomic E-state index is 12.4. The van der Waals surface area contributed by atoms with Gasteiger partial charge in [-0.2, -0.15) is 0 Å². The predicted octanol–water partition coefficient (Wildman–Crippen LogP) is 2.58. The highest BCUT2D eigenvalue weighted by Crippen LogP contribution is 2.21. The third-order valence-corrected chi connectivity index (χ3v) is 3.16. The summed E-state index contributed by atoms with van der Waals surface area (Å²) in [4.78, 5) is 25.2. The van der Waals surface area contributed by atoms with Crippen LogP contribution in [0.15, 0.2) is 18.2 Å². The van der Waals surface area contributed by atoms with Crippen LogP contribution in [0.4, 0.5) is 10.5 Å². The number of carbonyl (C=O) groups is 2. The number of benzene rings is 1. The van der Waals surface area contributed by atoms with Gasteiger partial charge in [-0.25, -0.2) is 9.59 Å². The molecule has 2 amide bonds. The highest BCUT2D eigenvalue weighted by atomic mass is 16.5. The minimum absolute atomic E-state index is 0.0163. The van der Waals surface area contributed by atoms with E-state index < -0.39 is 5.97 Å². The van der Waals surface area contributed by atoms with Gasteiger partial charge in [-0.15, -0.1) is 0 Å². The van der Waals surface area contributed by atoms with E-state index >= 15 is 0 Å². The number of aryl methyl sites for hydroxylation is 1. The van der Waals surface area contributed by atoms with E-state index in [4.69, 9.17) is 4.74 Å². The smallest absolute Gasteiger partial charge is 0.337 e. The molecule has 1 rings (SSSR count). The van der Waals surface area contributed by atoms with Crippen molar-refractivity contribution in [3.63, 3.8) is 0 Å². The van der Waals surface area contributed by atoms with Gasteiger partial charge in [0.05, 0.1) is 17.9 Å². The maximum atomic E-state index is 12.4. The Morgan fingerprint density at radius 1 is 1.38 bits per heavy atom. The van der Waals surface area contributed by atoms with Crippen LogP contribution < -0.4 is 5.32 Å². The van der Waals surface area contributed by atoms with E-state index in [0.29, 0.717) is 24.4 Å². The number of aromatic carboxylic acids is 1. The average molecular weight is 294 g/mol. The van der Waals surface area contributed by atoms with Gasteiger partial charge < -0.3 is 20.1 Å². The number of carboxylic acid groups (broad SMARTS) is 1. The Morgan fingerprint density at radius 3 is 2.57 bits per heavy atom. The van der Waals surface area contributed by atoms with Gasteiger partial charge >= 0.3 is 12.0 Å². The van der Waals surface area contributed by atoms with Crippen LogP contribution in [0.1, 0.15) is 29.8 Å². The fourth-order valence-electron chi connectivity index (χ4n) is 1.97. The number of nitrogens with one attached hydrogen (secondary N) is 1. The summed E-state index contributed by atoms with van der Waals surface area (Å²) < 4.78 is 4.99. The first-order valence-electron chi connectivity index (χ1n) is 6.78. The summed E-state index contributed by atoms with van der Waals surface area (Å²) in [6.07, 6.45) is 0. The highest BCUT2D eigenvalue weighted by molar-refractivity contribution is 6.01. The molecule has 0 unspecified atom stereocenters. The summed E-state index contributed by atoms with van der Waals surface area (Å²) in [6, 6.07) is 4.53.